The van der Waals surface area contributed by atoms with E-state index in [0.717, 1.165) is 11.4 Å². The van der Waals surface area contributed by atoms with Crippen molar-refractivity contribution in [1.29, 1.82) is 0 Å². The van der Waals surface area contributed by atoms with E-state index in [1.165, 1.54) is 0 Å². The van der Waals surface area contributed by atoms with Gasteiger partial charge in [0.15, 0.2) is 0 Å². The zero-order valence-corrected chi connectivity index (χ0v) is 8.83. The summed E-state index contributed by atoms with van der Waals surface area (Å²) in [6.07, 6.45) is 3.49. The Morgan fingerprint density at radius 3 is 2.79 bits per heavy atom. The normalized spacial score (nSPS) is 10.1. The number of hydrogen-bond acceptors (Lipinski definition) is 3. The van der Waals surface area contributed by atoms with E-state index in [2.05, 4.69) is 22.6 Å². The van der Waals surface area contributed by atoms with Crippen LogP contribution in [0.25, 0.3) is 5.69 Å². The Hall–Kier alpha value is -1.13. The average Bonchev–Trinajstić information content (AvgIpc) is 2.67. The van der Waals surface area contributed by atoms with Crippen LogP contribution in [0.1, 0.15) is 0 Å². The number of nitrogens with one attached hydrogen (secondary N) is 1. The number of benzene rings is 1. The van der Waals surface area contributed by atoms with Crippen LogP contribution in [0.15, 0.2) is 36.7 Å². The van der Waals surface area contributed by atoms with Crippen molar-refractivity contribution in [3.05, 3.63) is 41.7 Å². The van der Waals surface area contributed by atoms with Gasteiger partial charge in [0.25, 0.3) is 0 Å². The first-order valence-corrected chi connectivity index (χ1v) is 4.83. The first-order valence-electron chi connectivity index (χ1n) is 4.01. The predicted octanol–water partition coefficient (Wildman–Crippen LogP) is 2.78. The van der Waals surface area contributed by atoms with Crippen LogP contribution in [-0.2, 0) is 0 Å². The molecule has 0 saturated carbocycles. The van der Waals surface area contributed by atoms with Crippen molar-refractivity contribution in [2.45, 2.75) is 0 Å². The molecular formula is C9H8ClN3S. The van der Waals surface area contributed by atoms with Crippen molar-refractivity contribution in [3.8, 4) is 5.69 Å². The fraction of sp³-hybridized carbons (Fsp3) is 0. The highest BCUT2D eigenvalue weighted by atomic mass is 35.5. The zero-order valence-electron chi connectivity index (χ0n) is 7.18. The topological polar surface area (TPSA) is 29.9 Å². The molecule has 1 N–H and O–H groups in total. The molecule has 14 heavy (non-hydrogen) atoms. The number of aromatic nitrogens is 2. The fourth-order valence-electron chi connectivity index (χ4n) is 1.15. The van der Waals surface area contributed by atoms with Crippen molar-refractivity contribution in [2.24, 2.45) is 0 Å². The number of thiol groups is 1. The lowest BCUT2D eigenvalue weighted by atomic mass is 10.3. The maximum atomic E-state index is 6.01. The van der Waals surface area contributed by atoms with Crippen LogP contribution in [-0.4, -0.2) is 9.78 Å². The molecule has 0 spiro atoms. The highest BCUT2D eigenvalue weighted by molar-refractivity contribution is 7.81. The third-order valence-electron chi connectivity index (χ3n) is 1.81. The van der Waals surface area contributed by atoms with Gasteiger partial charge in [-0.05, 0) is 12.1 Å². The first kappa shape index (κ1) is 9.43. The second-order valence-corrected chi connectivity index (χ2v) is 3.37. The second kappa shape index (κ2) is 3.94. The molecule has 1 aromatic heterocycles. The van der Waals surface area contributed by atoms with Crippen LogP contribution in [0.2, 0.25) is 5.02 Å². The lowest BCUT2D eigenvalue weighted by Gasteiger charge is -2.02. The van der Waals surface area contributed by atoms with Crippen molar-refractivity contribution >= 4 is 30.1 Å². The van der Waals surface area contributed by atoms with Gasteiger partial charge >= 0.3 is 0 Å². The Bertz CT molecular complexity index is 441. The molecule has 72 valence electrons. The van der Waals surface area contributed by atoms with Gasteiger partial charge in [-0.1, -0.05) is 36.5 Å². The highest BCUT2D eigenvalue weighted by Crippen LogP contribution is 2.20. The summed E-state index contributed by atoms with van der Waals surface area (Å²) >= 11 is 9.94. The summed E-state index contributed by atoms with van der Waals surface area (Å²) in [4.78, 5) is 0. The minimum Gasteiger partial charge on any atom is -0.330 e. The van der Waals surface area contributed by atoms with Gasteiger partial charge < -0.3 is 4.72 Å². The van der Waals surface area contributed by atoms with Crippen LogP contribution >= 0.6 is 24.4 Å². The summed E-state index contributed by atoms with van der Waals surface area (Å²) in [5.41, 5.74) is 1.68. The highest BCUT2D eigenvalue weighted by Gasteiger charge is 2.02. The summed E-state index contributed by atoms with van der Waals surface area (Å²) in [7, 11) is 0. The van der Waals surface area contributed by atoms with Crippen LogP contribution in [0.5, 0.6) is 0 Å². The molecule has 2 rings (SSSR count). The molecule has 0 atom stereocenters. The van der Waals surface area contributed by atoms with Gasteiger partial charge in [0.2, 0.25) is 0 Å². The van der Waals surface area contributed by atoms with E-state index in [9.17, 15) is 0 Å². The summed E-state index contributed by atoms with van der Waals surface area (Å²) in [5, 5.41) is 4.81. The number of rotatable bonds is 2. The maximum absolute atomic E-state index is 6.01. The molecule has 0 fully saturated rings. The number of anilines is 1. The van der Waals surface area contributed by atoms with E-state index in [4.69, 9.17) is 11.6 Å². The zero-order chi connectivity index (χ0) is 9.97. The maximum Gasteiger partial charge on any atom is 0.0832 e. The number of hydrogen-bond donors (Lipinski definition) is 2. The summed E-state index contributed by atoms with van der Waals surface area (Å²) in [6.45, 7) is 0. The largest absolute Gasteiger partial charge is 0.330 e. The molecule has 5 heteroatoms. The standard InChI is InChI=1S/C9H8ClN3S/c10-8-3-1-2-4-9(8)13-6-7(12-14)5-11-13/h1-6,12,14H. The predicted molar refractivity (Wildman–Crippen MR) is 61.2 cm³/mol. The molecule has 0 aliphatic rings. The number of para-hydroxylation sites is 1. The van der Waals surface area contributed by atoms with Gasteiger partial charge in [-0.2, -0.15) is 5.10 Å². The molecule has 0 aliphatic heterocycles. The van der Waals surface area contributed by atoms with Crippen LogP contribution in [0, 0.1) is 0 Å². The minimum absolute atomic E-state index is 0.668. The number of nitrogens with zero attached hydrogens (tertiary/aromatic N) is 2. The Morgan fingerprint density at radius 2 is 2.14 bits per heavy atom. The van der Waals surface area contributed by atoms with Crippen molar-refractivity contribution < 1.29 is 0 Å². The van der Waals surface area contributed by atoms with Gasteiger partial charge in [0, 0.05) is 0 Å². The lowest BCUT2D eigenvalue weighted by molar-refractivity contribution is 0.881. The Morgan fingerprint density at radius 1 is 1.36 bits per heavy atom. The summed E-state index contributed by atoms with van der Waals surface area (Å²) < 4.78 is 4.40. The molecule has 2 aromatic rings. The SMILES string of the molecule is SNc1cnn(-c2ccccc2Cl)c1. The smallest absolute Gasteiger partial charge is 0.0832 e. The van der Waals surface area contributed by atoms with E-state index in [1.807, 2.05) is 30.5 Å². The molecule has 1 heterocycles. The molecule has 0 unspecified atom stereocenters. The van der Waals surface area contributed by atoms with E-state index in [1.54, 1.807) is 10.9 Å². The quantitative estimate of drug-likeness (QED) is 0.770. The average molecular weight is 226 g/mol. The Kier molecular flexibility index (Phi) is 2.65. The van der Waals surface area contributed by atoms with Crippen molar-refractivity contribution in [1.82, 2.24) is 9.78 Å². The molecule has 0 bridgehead atoms. The van der Waals surface area contributed by atoms with Crippen LogP contribution < -0.4 is 4.72 Å². The van der Waals surface area contributed by atoms with Crippen LogP contribution in [0.4, 0.5) is 5.69 Å². The van der Waals surface area contributed by atoms with Gasteiger partial charge in [-0.15, -0.1) is 0 Å². The minimum atomic E-state index is 0.668. The van der Waals surface area contributed by atoms with E-state index in [-0.39, 0.29) is 0 Å². The first-order chi connectivity index (χ1) is 6.81. The third kappa shape index (κ3) is 1.71. The Labute approximate surface area is 92.2 Å². The molecule has 3 nitrogen and oxygen atoms in total. The van der Waals surface area contributed by atoms with Gasteiger partial charge in [-0.25, -0.2) is 4.68 Å². The second-order valence-electron chi connectivity index (χ2n) is 2.74. The van der Waals surface area contributed by atoms with Gasteiger partial charge in [0.05, 0.1) is 28.8 Å². The van der Waals surface area contributed by atoms with Gasteiger partial charge in [0.1, 0.15) is 0 Å². The molecule has 0 saturated heterocycles. The lowest BCUT2D eigenvalue weighted by Crippen LogP contribution is -1.94. The third-order valence-corrected chi connectivity index (χ3v) is 2.39. The van der Waals surface area contributed by atoms with E-state index >= 15 is 0 Å². The van der Waals surface area contributed by atoms with Gasteiger partial charge in [-0.3, -0.25) is 0 Å². The summed E-state index contributed by atoms with van der Waals surface area (Å²) in [6, 6.07) is 7.52. The van der Waals surface area contributed by atoms with Crippen molar-refractivity contribution in [2.75, 3.05) is 4.72 Å². The van der Waals surface area contributed by atoms with Crippen LogP contribution in [0.3, 0.4) is 0 Å². The number of halogens is 1. The molecule has 0 radical (unpaired) electrons. The molecular weight excluding hydrogens is 218 g/mol. The fourth-order valence-corrected chi connectivity index (χ4v) is 1.49. The van der Waals surface area contributed by atoms with Crippen molar-refractivity contribution in [3.63, 3.8) is 0 Å². The molecule has 0 amide bonds. The molecule has 0 aliphatic carbocycles. The molecule has 1 aromatic carbocycles. The monoisotopic (exact) mass is 225 g/mol. The summed E-state index contributed by atoms with van der Waals surface area (Å²) in [5.74, 6) is 0. The van der Waals surface area contributed by atoms with E-state index in [0.29, 0.717) is 5.02 Å². The van der Waals surface area contributed by atoms with E-state index < -0.39 is 0 Å². The Balaban J connectivity index is 2.44.